The molecule has 33 heavy (non-hydrogen) atoms. The summed E-state index contributed by atoms with van der Waals surface area (Å²) in [4.78, 5) is 36.3. The van der Waals surface area contributed by atoms with E-state index in [2.05, 4.69) is 20.3 Å². The summed E-state index contributed by atoms with van der Waals surface area (Å²) in [5.74, 6) is -0.240. The first-order valence-corrected chi connectivity index (χ1v) is 11.9. The summed E-state index contributed by atoms with van der Waals surface area (Å²) in [5, 5.41) is 14.8. The van der Waals surface area contributed by atoms with Gasteiger partial charge in [0.25, 0.3) is 5.56 Å². The highest BCUT2D eigenvalue weighted by atomic mass is 32.2. The lowest BCUT2D eigenvalue weighted by atomic mass is 10.1. The molecule has 0 unspecified atom stereocenters. The lowest BCUT2D eigenvalue weighted by Crippen LogP contribution is -2.17. The van der Waals surface area contributed by atoms with Crippen molar-refractivity contribution in [1.29, 1.82) is 5.26 Å². The molecule has 0 bridgehead atoms. The Labute approximate surface area is 198 Å². The fourth-order valence-corrected chi connectivity index (χ4v) is 4.42. The Morgan fingerprint density at radius 1 is 1.06 bits per heavy atom. The molecule has 0 aliphatic carbocycles. The van der Waals surface area contributed by atoms with Gasteiger partial charge in [-0.25, -0.2) is 9.97 Å². The van der Waals surface area contributed by atoms with E-state index in [-0.39, 0.29) is 22.4 Å². The van der Waals surface area contributed by atoms with Gasteiger partial charge < -0.3 is 10.3 Å². The van der Waals surface area contributed by atoms with Crippen LogP contribution in [-0.4, -0.2) is 26.6 Å². The molecule has 2 aromatic carbocycles. The number of H-pyrrole nitrogens is 1. The number of amides is 1. The number of anilines is 1. The highest BCUT2D eigenvalue weighted by Crippen LogP contribution is 2.26. The van der Waals surface area contributed by atoms with E-state index in [4.69, 9.17) is 0 Å². The van der Waals surface area contributed by atoms with E-state index in [0.717, 1.165) is 28.6 Å². The van der Waals surface area contributed by atoms with Gasteiger partial charge >= 0.3 is 0 Å². The summed E-state index contributed by atoms with van der Waals surface area (Å²) >= 11 is 2.43. The van der Waals surface area contributed by atoms with Crippen LogP contribution in [-0.2, 0) is 4.79 Å². The van der Waals surface area contributed by atoms with Gasteiger partial charge in [-0.2, -0.15) is 5.26 Å². The number of hydrogen-bond acceptors (Lipinski definition) is 7. The summed E-state index contributed by atoms with van der Waals surface area (Å²) in [7, 11) is 0. The summed E-state index contributed by atoms with van der Waals surface area (Å²) in [6.45, 7) is 3.97. The van der Waals surface area contributed by atoms with Crippen LogP contribution in [0.3, 0.4) is 0 Å². The molecule has 1 amide bonds. The van der Waals surface area contributed by atoms with Crippen molar-refractivity contribution in [3.63, 3.8) is 0 Å². The Balaban J connectivity index is 1.45. The average molecular weight is 474 g/mol. The molecular weight excluding hydrogens is 454 g/mol. The Morgan fingerprint density at radius 2 is 1.70 bits per heavy atom. The Morgan fingerprint density at radius 3 is 2.33 bits per heavy atom. The number of thiazole rings is 1. The predicted octanol–water partition coefficient (Wildman–Crippen LogP) is 4.78. The van der Waals surface area contributed by atoms with Gasteiger partial charge in [-0.3, -0.25) is 9.59 Å². The molecule has 0 saturated carbocycles. The lowest BCUT2D eigenvalue weighted by Gasteiger charge is -2.07. The van der Waals surface area contributed by atoms with E-state index < -0.39 is 5.56 Å². The minimum atomic E-state index is -0.534. The topological polar surface area (TPSA) is 112 Å². The van der Waals surface area contributed by atoms with Crippen molar-refractivity contribution in [2.75, 3.05) is 11.1 Å². The van der Waals surface area contributed by atoms with Crippen LogP contribution in [0.5, 0.6) is 0 Å². The van der Waals surface area contributed by atoms with Crippen LogP contribution in [0.15, 0.2) is 63.9 Å². The summed E-state index contributed by atoms with van der Waals surface area (Å²) < 4.78 is 0. The van der Waals surface area contributed by atoms with E-state index in [1.807, 2.05) is 73.8 Å². The van der Waals surface area contributed by atoms with E-state index in [1.165, 1.54) is 16.9 Å². The van der Waals surface area contributed by atoms with Gasteiger partial charge in [-0.05, 0) is 13.8 Å². The van der Waals surface area contributed by atoms with Crippen LogP contribution in [0, 0.1) is 25.2 Å². The van der Waals surface area contributed by atoms with E-state index in [9.17, 15) is 14.9 Å². The Kier molecular flexibility index (Phi) is 6.68. The molecule has 0 fully saturated rings. The number of thioether (sulfide) groups is 1. The molecule has 0 aliphatic rings. The number of nitrogens with one attached hydrogen (secondary N) is 2. The fraction of sp³-hybridized carbons (Fsp3) is 0.125. The van der Waals surface area contributed by atoms with E-state index >= 15 is 0 Å². The number of rotatable bonds is 6. The Hall–Kier alpha value is -3.74. The third-order valence-corrected chi connectivity index (χ3v) is 6.40. The van der Waals surface area contributed by atoms with Crippen molar-refractivity contribution < 1.29 is 4.79 Å². The monoisotopic (exact) mass is 473 g/mol. The number of nitrogens with zero attached hydrogens (tertiary/aromatic N) is 3. The molecule has 2 heterocycles. The van der Waals surface area contributed by atoms with Crippen molar-refractivity contribution in [1.82, 2.24) is 15.0 Å². The second-order valence-electron chi connectivity index (χ2n) is 7.31. The first kappa shape index (κ1) is 22.5. The summed E-state index contributed by atoms with van der Waals surface area (Å²) in [5.41, 5.74) is 4.37. The van der Waals surface area contributed by atoms with Crippen LogP contribution >= 0.6 is 23.1 Å². The standard InChI is InChI=1S/C24H19N5O2S2/c1-14-3-7-16(8-4-14)19-12-32-23(26-19)27-20(30)13-33-24-28-21(18(11-25)22(31)29-24)17-9-5-15(2)6-10-17/h3-10,12H,13H2,1-2H3,(H,26,27,30)(H,28,29,31). The second-order valence-corrected chi connectivity index (χ2v) is 9.14. The summed E-state index contributed by atoms with van der Waals surface area (Å²) in [6.07, 6.45) is 0. The minimum absolute atomic E-state index is 0.0294. The first-order chi connectivity index (χ1) is 15.9. The van der Waals surface area contributed by atoms with Crippen LogP contribution in [0.25, 0.3) is 22.5 Å². The number of hydrogen-bond donors (Lipinski definition) is 2. The quantitative estimate of drug-likeness (QED) is 0.308. The third-order valence-electron chi connectivity index (χ3n) is 4.77. The molecule has 9 heteroatoms. The van der Waals surface area contributed by atoms with Crippen molar-refractivity contribution >= 4 is 34.1 Å². The first-order valence-electron chi connectivity index (χ1n) is 9.99. The minimum Gasteiger partial charge on any atom is -0.301 e. The number of aryl methyl sites for hydroxylation is 2. The van der Waals surface area contributed by atoms with Gasteiger partial charge in [0.05, 0.1) is 17.1 Å². The molecular formula is C24H19N5O2S2. The lowest BCUT2D eigenvalue weighted by molar-refractivity contribution is -0.113. The van der Waals surface area contributed by atoms with E-state index in [0.29, 0.717) is 16.4 Å². The maximum Gasteiger partial charge on any atom is 0.270 e. The maximum atomic E-state index is 12.4. The zero-order valence-corrected chi connectivity index (χ0v) is 19.5. The highest BCUT2D eigenvalue weighted by Gasteiger charge is 2.15. The SMILES string of the molecule is Cc1ccc(-c2csc(NC(=O)CSc3nc(-c4ccc(C)cc4)c(C#N)c(=O)[nH]3)n2)cc1. The molecule has 0 aliphatic heterocycles. The smallest absolute Gasteiger partial charge is 0.270 e. The molecule has 4 aromatic rings. The number of aromatic amines is 1. The van der Waals surface area contributed by atoms with Gasteiger partial charge in [0.1, 0.15) is 11.6 Å². The molecule has 0 saturated heterocycles. The van der Waals surface area contributed by atoms with Crippen molar-refractivity contribution in [2.24, 2.45) is 0 Å². The predicted molar refractivity (Wildman–Crippen MR) is 131 cm³/mol. The van der Waals surface area contributed by atoms with Gasteiger partial charge in [0.15, 0.2) is 10.3 Å². The van der Waals surface area contributed by atoms with Crippen molar-refractivity contribution in [3.8, 4) is 28.6 Å². The molecule has 2 aromatic heterocycles. The second kappa shape index (κ2) is 9.81. The fourth-order valence-electron chi connectivity index (χ4n) is 3.02. The Bertz CT molecular complexity index is 1400. The van der Waals surface area contributed by atoms with Crippen LogP contribution in [0.1, 0.15) is 16.7 Å². The maximum absolute atomic E-state index is 12.4. The highest BCUT2D eigenvalue weighted by molar-refractivity contribution is 7.99. The van der Waals surface area contributed by atoms with Crippen molar-refractivity contribution in [3.05, 3.63) is 81.0 Å². The average Bonchev–Trinajstić information content (AvgIpc) is 3.26. The molecule has 164 valence electrons. The molecule has 4 rings (SSSR count). The molecule has 2 N–H and O–H groups in total. The van der Waals surface area contributed by atoms with Gasteiger partial charge in [0, 0.05) is 16.5 Å². The number of carbonyl (C=O) groups is 1. The zero-order chi connectivity index (χ0) is 23.4. The molecule has 0 atom stereocenters. The number of benzene rings is 2. The van der Waals surface area contributed by atoms with Crippen molar-refractivity contribution in [2.45, 2.75) is 19.0 Å². The number of carbonyl (C=O) groups excluding carboxylic acids is 1. The van der Waals surface area contributed by atoms with Crippen LogP contribution in [0.2, 0.25) is 0 Å². The van der Waals surface area contributed by atoms with Crippen LogP contribution in [0.4, 0.5) is 5.13 Å². The molecule has 7 nitrogen and oxygen atoms in total. The largest absolute Gasteiger partial charge is 0.301 e. The van der Waals surface area contributed by atoms with Crippen LogP contribution < -0.4 is 10.9 Å². The molecule has 0 radical (unpaired) electrons. The zero-order valence-electron chi connectivity index (χ0n) is 17.9. The van der Waals surface area contributed by atoms with Gasteiger partial charge in [-0.1, -0.05) is 71.4 Å². The third kappa shape index (κ3) is 5.37. The van der Waals surface area contributed by atoms with Gasteiger partial charge in [-0.15, -0.1) is 11.3 Å². The summed E-state index contributed by atoms with van der Waals surface area (Å²) in [6, 6.07) is 17.3. The normalized spacial score (nSPS) is 10.6. The number of nitriles is 1. The van der Waals surface area contributed by atoms with E-state index in [1.54, 1.807) is 0 Å². The number of aromatic nitrogens is 3. The molecule has 0 spiro atoms. The van der Waals surface area contributed by atoms with Gasteiger partial charge in [0.2, 0.25) is 5.91 Å².